The summed E-state index contributed by atoms with van der Waals surface area (Å²) in [6.45, 7) is 5.32. The van der Waals surface area contributed by atoms with Crippen LogP contribution in [0.2, 0.25) is 0 Å². The molecule has 1 N–H and O–H groups in total. The molecule has 1 unspecified atom stereocenters. The van der Waals surface area contributed by atoms with Crippen molar-refractivity contribution in [3.05, 3.63) is 42.2 Å². The van der Waals surface area contributed by atoms with Crippen LogP contribution in [0, 0.1) is 0 Å². The molecule has 0 bridgehead atoms. The predicted octanol–water partition coefficient (Wildman–Crippen LogP) is 3.38. The Kier molecular flexibility index (Phi) is 3.54. The maximum atomic E-state index is 4.45. The Morgan fingerprint density at radius 3 is 3.00 bits per heavy atom. The molecule has 0 radical (unpaired) electrons. The van der Waals surface area contributed by atoms with Gasteiger partial charge in [-0.05, 0) is 31.4 Å². The molecule has 1 aromatic heterocycles. The average Bonchev–Trinajstić information content (AvgIpc) is 2.81. The molecule has 1 aliphatic heterocycles. The molecule has 0 spiro atoms. The van der Waals surface area contributed by atoms with E-state index in [9.17, 15) is 0 Å². The maximum absolute atomic E-state index is 4.45. The normalized spacial score (nSPS) is 17.1. The highest BCUT2D eigenvalue weighted by Gasteiger charge is 2.27. The average molecular weight is 268 g/mol. The van der Waals surface area contributed by atoms with Crippen molar-refractivity contribution in [3.63, 3.8) is 0 Å². The molecule has 104 valence electrons. The van der Waals surface area contributed by atoms with Crippen LogP contribution in [-0.2, 0) is 6.42 Å². The van der Waals surface area contributed by atoms with Crippen LogP contribution in [0.3, 0.4) is 0 Å². The van der Waals surface area contributed by atoms with Gasteiger partial charge in [-0.15, -0.1) is 0 Å². The Balaban J connectivity index is 1.93. The van der Waals surface area contributed by atoms with Gasteiger partial charge in [-0.1, -0.05) is 25.1 Å². The summed E-state index contributed by atoms with van der Waals surface area (Å²) in [5, 5.41) is 3.32. The van der Waals surface area contributed by atoms with Gasteiger partial charge in [0.25, 0.3) is 0 Å². The molecular formula is C16H20N4. The smallest absolute Gasteiger partial charge is 0.138 e. The highest BCUT2D eigenvalue weighted by molar-refractivity contribution is 5.69. The number of hydrogen-bond donors (Lipinski definition) is 1. The zero-order valence-electron chi connectivity index (χ0n) is 12.0. The van der Waals surface area contributed by atoms with Gasteiger partial charge in [0.05, 0.1) is 0 Å². The first-order valence-corrected chi connectivity index (χ1v) is 7.22. The summed E-state index contributed by atoms with van der Waals surface area (Å²) in [5.74, 6) is 1.87. The summed E-state index contributed by atoms with van der Waals surface area (Å²) >= 11 is 0. The van der Waals surface area contributed by atoms with Gasteiger partial charge in [0.1, 0.15) is 18.0 Å². The predicted molar refractivity (Wildman–Crippen MR) is 82.6 cm³/mol. The van der Waals surface area contributed by atoms with Crippen molar-refractivity contribution in [2.75, 3.05) is 16.8 Å². The topological polar surface area (TPSA) is 41.0 Å². The van der Waals surface area contributed by atoms with Gasteiger partial charge < -0.3 is 10.2 Å². The molecule has 1 atom stereocenters. The Bertz CT molecular complexity index is 597. The molecule has 20 heavy (non-hydrogen) atoms. The van der Waals surface area contributed by atoms with E-state index in [2.05, 4.69) is 58.3 Å². The van der Waals surface area contributed by atoms with Crippen molar-refractivity contribution in [2.45, 2.75) is 32.7 Å². The summed E-state index contributed by atoms with van der Waals surface area (Å²) in [6.07, 6.45) is 3.79. The Morgan fingerprint density at radius 1 is 1.30 bits per heavy atom. The van der Waals surface area contributed by atoms with Crippen LogP contribution in [0.1, 0.15) is 25.8 Å². The first-order chi connectivity index (χ1) is 9.79. The molecule has 4 heteroatoms. The van der Waals surface area contributed by atoms with Crippen molar-refractivity contribution in [2.24, 2.45) is 0 Å². The Labute approximate surface area is 119 Å². The largest absolute Gasteiger partial charge is 0.370 e. The first kappa shape index (κ1) is 12.9. The molecule has 0 amide bonds. The standard InChI is InChI=1S/C16H20N4/c1-3-8-17-15-10-16(19-11-18-15)20-12(2)9-13-6-4-5-7-14(13)20/h4-7,10-12H,3,8-9H2,1-2H3,(H,17,18,19). The minimum atomic E-state index is 0.432. The van der Waals surface area contributed by atoms with E-state index in [-0.39, 0.29) is 0 Å². The highest BCUT2D eigenvalue weighted by atomic mass is 15.2. The molecule has 2 aromatic rings. The van der Waals surface area contributed by atoms with E-state index in [1.165, 1.54) is 11.3 Å². The van der Waals surface area contributed by atoms with E-state index in [4.69, 9.17) is 0 Å². The monoisotopic (exact) mass is 268 g/mol. The van der Waals surface area contributed by atoms with Gasteiger partial charge >= 0.3 is 0 Å². The molecule has 0 saturated heterocycles. The van der Waals surface area contributed by atoms with Crippen molar-refractivity contribution in [1.82, 2.24) is 9.97 Å². The number of hydrogen-bond acceptors (Lipinski definition) is 4. The number of nitrogens with zero attached hydrogens (tertiary/aromatic N) is 3. The van der Waals surface area contributed by atoms with Crippen molar-refractivity contribution < 1.29 is 0 Å². The second-order valence-electron chi connectivity index (χ2n) is 5.24. The van der Waals surface area contributed by atoms with Crippen LogP contribution in [0.5, 0.6) is 0 Å². The molecule has 0 aliphatic carbocycles. The van der Waals surface area contributed by atoms with Crippen LogP contribution < -0.4 is 10.2 Å². The summed E-state index contributed by atoms with van der Waals surface area (Å²) < 4.78 is 0. The number of aromatic nitrogens is 2. The lowest BCUT2D eigenvalue weighted by Crippen LogP contribution is -2.25. The zero-order chi connectivity index (χ0) is 13.9. The number of fused-ring (bicyclic) bond motifs is 1. The lowest BCUT2D eigenvalue weighted by molar-refractivity contribution is 0.749. The van der Waals surface area contributed by atoms with Crippen molar-refractivity contribution in [3.8, 4) is 0 Å². The van der Waals surface area contributed by atoms with Crippen LogP contribution in [-0.4, -0.2) is 22.6 Å². The Morgan fingerprint density at radius 2 is 2.15 bits per heavy atom. The van der Waals surface area contributed by atoms with Gasteiger partial charge in [0, 0.05) is 24.3 Å². The van der Waals surface area contributed by atoms with Crippen molar-refractivity contribution in [1.29, 1.82) is 0 Å². The van der Waals surface area contributed by atoms with E-state index >= 15 is 0 Å². The molecule has 1 aliphatic rings. The lowest BCUT2D eigenvalue weighted by Gasteiger charge is -2.24. The molecule has 0 fully saturated rings. The summed E-state index contributed by atoms with van der Waals surface area (Å²) in [5.41, 5.74) is 2.65. The summed E-state index contributed by atoms with van der Waals surface area (Å²) in [6, 6.07) is 11.0. The van der Waals surface area contributed by atoms with E-state index in [0.29, 0.717) is 6.04 Å². The lowest BCUT2D eigenvalue weighted by atomic mass is 10.1. The molecule has 0 saturated carbocycles. The molecule has 4 nitrogen and oxygen atoms in total. The van der Waals surface area contributed by atoms with Crippen LogP contribution in [0.25, 0.3) is 0 Å². The van der Waals surface area contributed by atoms with Crippen LogP contribution >= 0.6 is 0 Å². The third kappa shape index (κ3) is 2.33. The van der Waals surface area contributed by atoms with Gasteiger partial charge in [-0.3, -0.25) is 0 Å². The number of anilines is 3. The third-order valence-electron chi connectivity index (χ3n) is 3.66. The third-order valence-corrected chi connectivity index (χ3v) is 3.66. The zero-order valence-corrected chi connectivity index (χ0v) is 12.0. The minimum Gasteiger partial charge on any atom is -0.370 e. The summed E-state index contributed by atoms with van der Waals surface area (Å²) in [4.78, 5) is 11.0. The van der Waals surface area contributed by atoms with Gasteiger partial charge in [-0.25, -0.2) is 9.97 Å². The van der Waals surface area contributed by atoms with Gasteiger partial charge in [-0.2, -0.15) is 0 Å². The fraction of sp³-hybridized carbons (Fsp3) is 0.375. The molecular weight excluding hydrogens is 248 g/mol. The number of nitrogens with one attached hydrogen (secondary N) is 1. The maximum Gasteiger partial charge on any atom is 0.138 e. The van der Waals surface area contributed by atoms with Crippen LogP contribution in [0.4, 0.5) is 17.3 Å². The molecule has 3 rings (SSSR count). The van der Waals surface area contributed by atoms with Gasteiger partial charge in [0.15, 0.2) is 0 Å². The second kappa shape index (κ2) is 5.49. The minimum absolute atomic E-state index is 0.432. The summed E-state index contributed by atoms with van der Waals surface area (Å²) in [7, 11) is 0. The number of rotatable bonds is 4. The quantitative estimate of drug-likeness (QED) is 0.923. The number of para-hydroxylation sites is 1. The van der Waals surface area contributed by atoms with E-state index in [0.717, 1.165) is 31.0 Å². The molecule has 2 heterocycles. The first-order valence-electron chi connectivity index (χ1n) is 7.22. The molecule has 1 aromatic carbocycles. The fourth-order valence-electron chi connectivity index (χ4n) is 2.74. The number of benzene rings is 1. The van der Waals surface area contributed by atoms with E-state index < -0.39 is 0 Å². The highest BCUT2D eigenvalue weighted by Crippen LogP contribution is 2.37. The van der Waals surface area contributed by atoms with Gasteiger partial charge in [0.2, 0.25) is 0 Å². The SMILES string of the molecule is CCCNc1cc(N2c3ccccc3CC2C)ncn1. The van der Waals surface area contributed by atoms with E-state index in [1.807, 2.05) is 6.07 Å². The second-order valence-corrected chi connectivity index (χ2v) is 5.24. The Hall–Kier alpha value is -2.10. The van der Waals surface area contributed by atoms with Crippen LogP contribution in [0.15, 0.2) is 36.7 Å². The van der Waals surface area contributed by atoms with Crippen molar-refractivity contribution >= 4 is 17.3 Å². The fourth-order valence-corrected chi connectivity index (χ4v) is 2.74. The van der Waals surface area contributed by atoms with E-state index in [1.54, 1.807) is 6.33 Å².